The van der Waals surface area contributed by atoms with E-state index in [1.54, 1.807) is 18.2 Å². The number of amides is 1. The lowest BCUT2D eigenvalue weighted by atomic mass is 10.1. The van der Waals surface area contributed by atoms with Crippen molar-refractivity contribution in [3.8, 4) is 16.2 Å². The van der Waals surface area contributed by atoms with E-state index in [1.807, 2.05) is 31.2 Å². The number of carbonyl (C=O) groups is 1. The average Bonchev–Trinajstić information content (AvgIpc) is 3.11. The van der Waals surface area contributed by atoms with Gasteiger partial charge in [-0.15, -0.1) is 11.3 Å². The molecule has 0 fully saturated rings. The van der Waals surface area contributed by atoms with E-state index in [1.165, 1.54) is 17.4 Å². The summed E-state index contributed by atoms with van der Waals surface area (Å²) >= 11 is 7.28. The van der Waals surface area contributed by atoms with Crippen molar-refractivity contribution in [1.29, 1.82) is 0 Å². The van der Waals surface area contributed by atoms with Crippen LogP contribution in [-0.2, 0) is 22.1 Å². The second-order valence-electron chi connectivity index (χ2n) is 6.62. The molecule has 2 aromatic carbocycles. The van der Waals surface area contributed by atoms with Crippen LogP contribution < -0.4 is 10.1 Å². The monoisotopic (exact) mass is 447 g/mol. The first-order valence-electron chi connectivity index (χ1n) is 9.02. The number of sulfone groups is 1. The molecule has 29 heavy (non-hydrogen) atoms. The summed E-state index contributed by atoms with van der Waals surface area (Å²) in [6.07, 6.45) is 0. The van der Waals surface area contributed by atoms with Gasteiger partial charge < -0.3 is 10.1 Å². The van der Waals surface area contributed by atoms with Crippen molar-refractivity contribution < 1.29 is 17.9 Å². The fourth-order valence-electron chi connectivity index (χ4n) is 3.24. The van der Waals surface area contributed by atoms with Gasteiger partial charge in [-0.2, -0.15) is 0 Å². The van der Waals surface area contributed by atoms with Gasteiger partial charge in [0.15, 0.2) is 9.84 Å². The van der Waals surface area contributed by atoms with Crippen LogP contribution in [0.1, 0.15) is 27.7 Å². The van der Waals surface area contributed by atoms with Gasteiger partial charge in [0.1, 0.15) is 5.75 Å². The number of halogens is 1. The standard InChI is InChI=1S/C21H18ClNO4S2/c1-2-27-16-6-3-13(4-7-16)11-23-21(24)18-9-14-12-29(25,26)19-10-15(22)5-8-17(19)20(14)28-18/h3-10H,2,11-12H2,1H3,(H,23,24). The van der Waals surface area contributed by atoms with Gasteiger partial charge in [-0.1, -0.05) is 29.8 Å². The Hall–Kier alpha value is -2.35. The fraction of sp³-hybridized carbons (Fsp3) is 0.190. The van der Waals surface area contributed by atoms with Crippen molar-refractivity contribution >= 4 is 38.7 Å². The van der Waals surface area contributed by atoms with Gasteiger partial charge in [0.05, 0.1) is 22.1 Å². The lowest BCUT2D eigenvalue weighted by Crippen LogP contribution is -2.21. The van der Waals surface area contributed by atoms with E-state index < -0.39 is 9.84 Å². The highest BCUT2D eigenvalue weighted by molar-refractivity contribution is 7.91. The van der Waals surface area contributed by atoms with Gasteiger partial charge in [-0.25, -0.2) is 8.42 Å². The number of ether oxygens (including phenoxy) is 1. The molecule has 0 atom stereocenters. The van der Waals surface area contributed by atoms with E-state index in [4.69, 9.17) is 16.3 Å². The summed E-state index contributed by atoms with van der Waals surface area (Å²) in [7, 11) is -3.48. The lowest BCUT2D eigenvalue weighted by molar-refractivity contribution is 0.0955. The molecule has 3 aromatic rings. The van der Waals surface area contributed by atoms with Crippen LogP contribution >= 0.6 is 22.9 Å². The summed E-state index contributed by atoms with van der Waals surface area (Å²) in [5.74, 6) is 0.429. The zero-order valence-corrected chi connectivity index (χ0v) is 18.0. The van der Waals surface area contributed by atoms with Crippen LogP contribution in [-0.4, -0.2) is 20.9 Å². The number of fused-ring (bicyclic) bond motifs is 3. The predicted octanol–water partition coefficient (Wildman–Crippen LogP) is 4.68. The van der Waals surface area contributed by atoms with Gasteiger partial charge in [0.2, 0.25) is 0 Å². The molecule has 1 aliphatic rings. The SMILES string of the molecule is CCOc1ccc(CNC(=O)c2cc3c(s2)-c2ccc(Cl)cc2S(=O)(=O)C3)cc1. The predicted molar refractivity (Wildman–Crippen MR) is 114 cm³/mol. The summed E-state index contributed by atoms with van der Waals surface area (Å²) < 4.78 is 30.6. The Morgan fingerprint density at radius 2 is 1.93 bits per heavy atom. The zero-order valence-electron chi connectivity index (χ0n) is 15.6. The number of benzene rings is 2. The molecule has 4 rings (SSSR count). The van der Waals surface area contributed by atoms with E-state index in [-0.39, 0.29) is 16.6 Å². The van der Waals surface area contributed by atoms with E-state index in [2.05, 4.69) is 5.32 Å². The van der Waals surface area contributed by atoms with Crippen LogP contribution in [0.2, 0.25) is 5.02 Å². The Bertz CT molecular complexity index is 1180. The molecule has 1 aliphatic heterocycles. The molecule has 1 amide bonds. The second kappa shape index (κ2) is 7.82. The normalized spacial score (nSPS) is 14.0. The summed E-state index contributed by atoms with van der Waals surface area (Å²) in [5, 5.41) is 3.27. The molecule has 0 saturated heterocycles. The lowest BCUT2D eigenvalue weighted by Gasteiger charge is -2.16. The highest BCUT2D eigenvalue weighted by atomic mass is 35.5. The van der Waals surface area contributed by atoms with Crippen LogP contribution in [0.5, 0.6) is 5.75 Å². The summed E-state index contributed by atoms with van der Waals surface area (Å²) in [5.41, 5.74) is 2.20. The molecule has 0 aliphatic carbocycles. The van der Waals surface area contributed by atoms with Crippen molar-refractivity contribution in [2.45, 2.75) is 24.1 Å². The molecule has 1 N–H and O–H groups in total. The van der Waals surface area contributed by atoms with Gasteiger partial charge in [0.25, 0.3) is 5.91 Å². The maximum absolute atomic E-state index is 12.6. The fourth-order valence-corrected chi connectivity index (χ4v) is 6.37. The topological polar surface area (TPSA) is 72.5 Å². The summed E-state index contributed by atoms with van der Waals surface area (Å²) in [6, 6.07) is 14.0. The molecule has 2 heterocycles. The number of nitrogens with one attached hydrogen (secondary N) is 1. The molecule has 0 bridgehead atoms. The Labute approximate surface area is 178 Å². The maximum Gasteiger partial charge on any atom is 0.261 e. The summed E-state index contributed by atoms with van der Waals surface area (Å²) in [4.78, 5) is 14.1. The van der Waals surface area contributed by atoms with E-state index in [0.717, 1.165) is 16.2 Å². The Balaban J connectivity index is 1.54. The Morgan fingerprint density at radius 3 is 2.66 bits per heavy atom. The second-order valence-corrected chi connectivity index (χ2v) is 10.1. The maximum atomic E-state index is 12.6. The zero-order chi connectivity index (χ0) is 20.6. The molecule has 1 aromatic heterocycles. The highest BCUT2D eigenvalue weighted by Gasteiger charge is 2.31. The number of hydrogen-bond donors (Lipinski definition) is 1. The van der Waals surface area contributed by atoms with Gasteiger partial charge in [-0.05, 0) is 48.4 Å². The van der Waals surface area contributed by atoms with Crippen molar-refractivity contribution in [1.82, 2.24) is 5.32 Å². The summed E-state index contributed by atoms with van der Waals surface area (Å²) in [6.45, 7) is 2.90. The van der Waals surface area contributed by atoms with Crippen LogP contribution in [0.15, 0.2) is 53.4 Å². The third-order valence-corrected chi connectivity index (χ3v) is 7.73. The van der Waals surface area contributed by atoms with Crippen molar-refractivity contribution in [2.75, 3.05) is 6.61 Å². The highest BCUT2D eigenvalue weighted by Crippen LogP contribution is 2.43. The third kappa shape index (κ3) is 4.03. The minimum atomic E-state index is -3.48. The van der Waals surface area contributed by atoms with Crippen LogP contribution in [0.25, 0.3) is 10.4 Å². The largest absolute Gasteiger partial charge is 0.494 e. The minimum Gasteiger partial charge on any atom is -0.494 e. The van der Waals surface area contributed by atoms with Crippen molar-refractivity contribution in [3.63, 3.8) is 0 Å². The molecular formula is C21H18ClNO4S2. The van der Waals surface area contributed by atoms with Gasteiger partial charge >= 0.3 is 0 Å². The Morgan fingerprint density at radius 1 is 1.17 bits per heavy atom. The van der Waals surface area contributed by atoms with Crippen LogP contribution in [0.4, 0.5) is 0 Å². The van der Waals surface area contributed by atoms with Crippen LogP contribution in [0, 0.1) is 0 Å². The first-order valence-corrected chi connectivity index (χ1v) is 11.9. The quantitative estimate of drug-likeness (QED) is 0.616. The van der Waals surface area contributed by atoms with Crippen LogP contribution in [0.3, 0.4) is 0 Å². The van der Waals surface area contributed by atoms with E-state index in [9.17, 15) is 13.2 Å². The molecular weight excluding hydrogens is 430 g/mol. The average molecular weight is 448 g/mol. The van der Waals surface area contributed by atoms with Gasteiger partial charge in [-0.3, -0.25) is 4.79 Å². The Kier molecular flexibility index (Phi) is 5.38. The number of carbonyl (C=O) groups excluding carboxylic acids is 1. The van der Waals surface area contributed by atoms with E-state index in [0.29, 0.717) is 34.2 Å². The minimum absolute atomic E-state index is 0.127. The molecule has 5 nitrogen and oxygen atoms in total. The van der Waals surface area contributed by atoms with Crippen molar-refractivity contribution in [3.05, 3.63) is 69.6 Å². The smallest absolute Gasteiger partial charge is 0.261 e. The number of rotatable bonds is 5. The van der Waals surface area contributed by atoms with Crippen molar-refractivity contribution in [2.24, 2.45) is 0 Å². The number of thiophene rings is 1. The third-order valence-electron chi connectivity index (χ3n) is 4.59. The molecule has 8 heteroatoms. The first-order chi connectivity index (χ1) is 13.9. The molecule has 0 radical (unpaired) electrons. The van der Waals surface area contributed by atoms with Gasteiger partial charge in [0, 0.05) is 22.0 Å². The molecule has 0 spiro atoms. The van der Waals surface area contributed by atoms with E-state index >= 15 is 0 Å². The first kappa shape index (κ1) is 19.9. The number of hydrogen-bond acceptors (Lipinski definition) is 5. The molecule has 150 valence electrons. The molecule has 0 saturated carbocycles. The molecule has 0 unspecified atom stereocenters.